The highest BCUT2D eigenvalue weighted by Gasteiger charge is 2.36. The summed E-state index contributed by atoms with van der Waals surface area (Å²) in [5, 5.41) is 15.9. The average molecular weight is 488 g/mol. The van der Waals surface area contributed by atoms with Crippen molar-refractivity contribution in [3.63, 3.8) is 0 Å². The third kappa shape index (κ3) is 7.15. The van der Waals surface area contributed by atoms with Gasteiger partial charge in [0.1, 0.15) is 23.4 Å². The highest BCUT2D eigenvalue weighted by Crippen LogP contribution is 2.31. The van der Waals surface area contributed by atoms with Crippen molar-refractivity contribution in [3.8, 4) is 5.75 Å². The van der Waals surface area contributed by atoms with Gasteiger partial charge < -0.3 is 25.4 Å². The number of nitrogens with zero attached hydrogens (tertiary/aromatic N) is 1. The number of anilines is 1. The number of thiol groups is 1. The summed E-state index contributed by atoms with van der Waals surface area (Å²) in [5.41, 5.74) is 0.957. The molecule has 0 aliphatic rings. The van der Waals surface area contributed by atoms with Crippen LogP contribution in [-0.2, 0) is 14.3 Å². The molecule has 3 amide bonds. The lowest BCUT2D eigenvalue weighted by atomic mass is 10.0. The molecule has 0 bridgehead atoms. The summed E-state index contributed by atoms with van der Waals surface area (Å²) in [4.78, 5) is 40.6. The first-order valence-corrected chi connectivity index (χ1v) is 11.7. The number of amides is 3. The number of nitrogens with one attached hydrogen (secondary N) is 2. The molecule has 3 N–H and O–H groups in total. The number of carbonyl (C=O) groups excluding carboxylic acids is 3. The average Bonchev–Trinajstić information content (AvgIpc) is 2.76. The molecule has 34 heavy (non-hydrogen) atoms. The molecule has 0 saturated carbocycles. The van der Waals surface area contributed by atoms with Crippen molar-refractivity contribution in [3.05, 3.63) is 59.7 Å². The van der Waals surface area contributed by atoms with Crippen LogP contribution in [0.4, 0.5) is 10.5 Å². The van der Waals surface area contributed by atoms with Crippen molar-refractivity contribution in [2.75, 3.05) is 17.6 Å². The summed E-state index contributed by atoms with van der Waals surface area (Å²) in [6.45, 7) is 8.86. The molecule has 0 aromatic heterocycles. The normalized spacial score (nSPS) is 12.9. The van der Waals surface area contributed by atoms with Crippen LogP contribution >= 0.6 is 12.6 Å². The van der Waals surface area contributed by atoms with Gasteiger partial charge in [0.15, 0.2) is 0 Å². The maximum Gasteiger partial charge on any atom is 0.408 e. The molecular weight excluding hydrogens is 454 g/mol. The molecule has 2 unspecified atom stereocenters. The van der Waals surface area contributed by atoms with E-state index in [9.17, 15) is 19.5 Å². The predicted molar refractivity (Wildman–Crippen MR) is 135 cm³/mol. The minimum atomic E-state index is -1.15. The van der Waals surface area contributed by atoms with Crippen LogP contribution < -0.4 is 10.6 Å². The van der Waals surface area contributed by atoms with Gasteiger partial charge in [-0.05, 0) is 52.3 Å². The van der Waals surface area contributed by atoms with Gasteiger partial charge in [-0.2, -0.15) is 12.6 Å². The van der Waals surface area contributed by atoms with Gasteiger partial charge in [0.25, 0.3) is 5.91 Å². The summed E-state index contributed by atoms with van der Waals surface area (Å²) < 4.78 is 5.26. The Bertz CT molecular complexity index is 1020. The molecule has 2 aromatic carbocycles. The molecule has 2 rings (SSSR count). The van der Waals surface area contributed by atoms with Gasteiger partial charge in [0, 0.05) is 23.5 Å². The number of rotatable bonds is 8. The zero-order valence-electron chi connectivity index (χ0n) is 20.2. The first kappa shape index (κ1) is 27.0. The molecule has 0 aliphatic heterocycles. The van der Waals surface area contributed by atoms with Gasteiger partial charge in [-0.1, -0.05) is 36.4 Å². The van der Waals surface area contributed by atoms with Gasteiger partial charge in [-0.3, -0.25) is 9.59 Å². The number of hydrogen-bond acceptors (Lipinski definition) is 6. The van der Waals surface area contributed by atoms with E-state index in [2.05, 4.69) is 23.3 Å². The largest absolute Gasteiger partial charge is 0.508 e. The molecule has 0 saturated heterocycles. The Morgan fingerprint density at radius 2 is 1.71 bits per heavy atom. The number of alkyl carbamates (subject to hydrolysis) is 1. The van der Waals surface area contributed by atoms with Gasteiger partial charge in [0.2, 0.25) is 5.91 Å². The fourth-order valence-electron chi connectivity index (χ4n) is 3.38. The molecule has 9 heteroatoms. The lowest BCUT2D eigenvalue weighted by Gasteiger charge is -2.33. The Balaban J connectivity index is 2.41. The third-order valence-corrected chi connectivity index (χ3v) is 5.35. The molecule has 2 aromatic rings. The minimum Gasteiger partial charge on any atom is -0.508 e. The quantitative estimate of drug-likeness (QED) is 0.420. The van der Waals surface area contributed by atoms with Gasteiger partial charge in [0.05, 0.1) is 0 Å². The smallest absolute Gasteiger partial charge is 0.408 e. The van der Waals surface area contributed by atoms with E-state index < -0.39 is 35.6 Å². The molecule has 0 heterocycles. The minimum absolute atomic E-state index is 0.0124. The topological polar surface area (TPSA) is 108 Å². The van der Waals surface area contributed by atoms with Gasteiger partial charge in [-0.25, -0.2) is 4.79 Å². The molecular formula is C25H33N3O5S. The summed E-state index contributed by atoms with van der Waals surface area (Å²) in [7, 11) is 0. The van der Waals surface area contributed by atoms with Crippen LogP contribution in [0.1, 0.15) is 44.9 Å². The fraction of sp³-hybridized carbons (Fsp3) is 0.400. The van der Waals surface area contributed by atoms with Gasteiger partial charge in [-0.15, -0.1) is 0 Å². The third-order valence-electron chi connectivity index (χ3n) is 4.99. The SMILES string of the molecule is CCN(C(=O)C(CS)NC(=O)OC(C)(C)C)C(C(=O)Nc1ccccc1C)c1ccccc1O. The lowest BCUT2D eigenvalue weighted by Crippen LogP contribution is -2.53. The molecule has 0 aliphatic carbocycles. The van der Waals surface area contributed by atoms with E-state index in [1.165, 1.54) is 11.0 Å². The maximum atomic E-state index is 13.5. The number of hydrogen-bond donors (Lipinski definition) is 4. The van der Waals surface area contributed by atoms with Crippen LogP contribution in [0, 0.1) is 6.92 Å². The Morgan fingerprint density at radius 3 is 2.26 bits per heavy atom. The zero-order chi connectivity index (χ0) is 25.5. The molecule has 184 valence electrons. The van der Waals surface area contributed by atoms with Crippen molar-refractivity contribution in [1.29, 1.82) is 0 Å². The first-order chi connectivity index (χ1) is 16.0. The number of likely N-dealkylation sites (N-methyl/N-ethyl adjacent to an activating group) is 1. The number of aromatic hydroxyl groups is 1. The highest BCUT2D eigenvalue weighted by atomic mass is 32.1. The van der Waals surface area contributed by atoms with E-state index in [1.54, 1.807) is 58.0 Å². The second kappa shape index (κ2) is 11.8. The monoisotopic (exact) mass is 487 g/mol. The van der Waals surface area contributed by atoms with Crippen LogP contribution in [0.25, 0.3) is 0 Å². The number of benzene rings is 2. The van der Waals surface area contributed by atoms with Crippen LogP contribution in [0.15, 0.2) is 48.5 Å². The molecule has 0 spiro atoms. The number of phenols is 1. The number of para-hydroxylation sites is 2. The fourth-order valence-corrected chi connectivity index (χ4v) is 3.63. The van der Waals surface area contributed by atoms with Gasteiger partial charge >= 0.3 is 6.09 Å². The Hall–Kier alpha value is -3.20. The summed E-state index contributed by atoms with van der Waals surface area (Å²) in [5.74, 6) is -1.17. The Morgan fingerprint density at radius 1 is 1.09 bits per heavy atom. The predicted octanol–water partition coefficient (Wildman–Crippen LogP) is 4.05. The highest BCUT2D eigenvalue weighted by molar-refractivity contribution is 7.80. The van der Waals surface area contributed by atoms with Crippen LogP contribution in [0.3, 0.4) is 0 Å². The number of aryl methyl sites for hydroxylation is 1. The second-order valence-corrected chi connectivity index (χ2v) is 9.14. The Labute approximate surface area is 206 Å². The van der Waals surface area contributed by atoms with E-state index in [0.717, 1.165) is 5.56 Å². The molecule has 0 fully saturated rings. The van der Waals surface area contributed by atoms with Crippen molar-refractivity contribution < 1.29 is 24.2 Å². The summed E-state index contributed by atoms with van der Waals surface area (Å²) in [6, 6.07) is 11.4. The van der Waals surface area contributed by atoms with Crippen molar-refractivity contribution in [1.82, 2.24) is 10.2 Å². The summed E-state index contributed by atoms with van der Waals surface area (Å²) >= 11 is 4.23. The van der Waals surface area contributed by atoms with E-state index in [4.69, 9.17) is 4.74 Å². The first-order valence-electron chi connectivity index (χ1n) is 11.0. The van der Waals surface area contributed by atoms with Crippen LogP contribution in [0.5, 0.6) is 5.75 Å². The zero-order valence-corrected chi connectivity index (χ0v) is 21.1. The maximum absolute atomic E-state index is 13.5. The van der Waals surface area contributed by atoms with E-state index >= 15 is 0 Å². The van der Waals surface area contributed by atoms with Crippen molar-refractivity contribution in [2.45, 2.75) is 52.3 Å². The Kier molecular flexibility index (Phi) is 9.37. The van der Waals surface area contributed by atoms with E-state index in [-0.39, 0.29) is 23.6 Å². The number of phenolic OH excluding ortho intramolecular Hbond substituents is 1. The number of carbonyl (C=O) groups is 3. The van der Waals surface area contributed by atoms with Crippen LogP contribution in [0.2, 0.25) is 0 Å². The number of ether oxygens (including phenoxy) is 1. The van der Waals surface area contributed by atoms with E-state index in [0.29, 0.717) is 5.69 Å². The second-order valence-electron chi connectivity index (χ2n) is 8.77. The lowest BCUT2D eigenvalue weighted by molar-refractivity contribution is -0.140. The van der Waals surface area contributed by atoms with E-state index in [1.807, 2.05) is 19.1 Å². The molecule has 8 nitrogen and oxygen atoms in total. The van der Waals surface area contributed by atoms with Crippen LogP contribution in [-0.4, -0.2) is 51.9 Å². The molecule has 2 atom stereocenters. The molecule has 0 radical (unpaired) electrons. The summed E-state index contributed by atoms with van der Waals surface area (Å²) in [6.07, 6.45) is -0.764. The van der Waals surface area contributed by atoms with Crippen molar-refractivity contribution in [2.24, 2.45) is 0 Å². The van der Waals surface area contributed by atoms with Crippen molar-refractivity contribution >= 4 is 36.2 Å². The standard InChI is InChI=1S/C25H33N3O5S/c1-6-28(23(31)19(15-34)27-24(32)33-25(3,4)5)21(17-12-8-10-14-20(17)29)22(30)26-18-13-9-7-11-16(18)2/h7-14,19,21,29,34H,6,15H2,1-5H3,(H,26,30)(H,27,32).